The van der Waals surface area contributed by atoms with Crippen LogP contribution in [0, 0.1) is 0 Å². The van der Waals surface area contributed by atoms with E-state index in [4.69, 9.17) is 0 Å². The third-order valence-corrected chi connectivity index (χ3v) is 5.71. The molecule has 0 aliphatic heterocycles. The van der Waals surface area contributed by atoms with Crippen molar-refractivity contribution in [2.75, 3.05) is 0 Å². The van der Waals surface area contributed by atoms with Gasteiger partial charge in [0.05, 0.1) is 0 Å². The minimum atomic E-state index is 1.16. The van der Waals surface area contributed by atoms with Gasteiger partial charge >= 0.3 is 0 Å². The predicted octanol–water partition coefficient (Wildman–Crippen LogP) is 4.34. The van der Waals surface area contributed by atoms with E-state index in [2.05, 4.69) is 54.9 Å². The van der Waals surface area contributed by atoms with Crippen LogP contribution in [0.4, 0.5) is 0 Å². The van der Waals surface area contributed by atoms with E-state index in [1.54, 1.807) is 0 Å². The Hall–Kier alpha value is -0.480. The molecule has 1 aliphatic rings. The minimum absolute atomic E-state index is 1.16. The predicted molar refractivity (Wildman–Crippen MR) is 86.2 cm³/mol. The van der Waals surface area contributed by atoms with Crippen LogP contribution in [0.2, 0.25) is 0 Å². The van der Waals surface area contributed by atoms with E-state index in [0.717, 1.165) is 12.8 Å². The van der Waals surface area contributed by atoms with Crippen molar-refractivity contribution >= 4 is 50.8 Å². The van der Waals surface area contributed by atoms with Crippen molar-refractivity contribution in [3.05, 3.63) is 46.6 Å². The standard InChI is InChI=1S/C14H14P2S/c15-11-7-3-1-5-9(11)14-13(16)10-6-2-4-8-12(10)17-14/h2-4,6-8H,1,5,15-16H2. The van der Waals surface area contributed by atoms with Crippen LogP contribution >= 0.6 is 29.8 Å². The van der Waals surface area contributed by atoms with Gasteiger partial charge in [0, 0.05) is 15.0 Å². The second kappa shape index (κ2) is 4.65. The Morgan fingerprint density at radius 2 is 1.94 bits per heavy atom. The van der Waals surface area contributed by atoms with E-state index in [1.807, 2.05) is 11.3 Å². The maximum Gasteiger partial charge on any atom is 0.0392 e. The van der Waals surface area contributed by atoms with E-state index in [9.17, 15) is 0 Å². The fourth-order valence-electron chi connectivity index (χ4n) is 2.22. The first-order valence-corrected chi connectivity index (χ1v) is 7.67. The van der Waals surface area contributed by atoms with E-state index in [1.165, 1.54) is 31.2 Å². The topological polar surface area (TPSA) is 0 Å². The number of fused-ring (bicyclic) bond motifs is 1. The molecule has 0 saturated heterocycles. The summed E-state index contributed by atoms with van der Waals surface area (Å²) < 4.78 is 1.38. The first-order chi connectivity index (χ1) is 8.27. The van der Waals surface area contributed by atoms with Crippen LogP contribution in [0.5, 0.6) is 0 Å². The molecule has 1 aromatic carbocycles. The molecular weight excluding hydrogens is 262 g/mol. The lowest BCUT2D eigenvalue weighted by atomic mass is 10.0. The molecular formula is C14H14P2S. The molecule has 0 spiro atoms. The smallest absolute Gasteiger partial charge is 0.0392 e. The Kier molecular flexibility index (Phi) is 3.17. The van der Waals surface area contributed by atoms with E-state index >= 15 is 0 Å². The summed E-state index contributed by atoms with van der Waals surface area (Å²) >= 11 is 1.91. The highest BCUT2D eigenvalue weighted by Crippen LogP contribution is 2.37. The number of thiophene rings is 1. The number of allylic oxidation sites excluding steroid dienone is 4. The molecule has 1 heterocycles. The second-order valence-electron chi connectivity index (χ2n) is 4.22. The first kappa shape index (κ1) is 11.6. The molecule has 0 nitrogen and oxygen atoms in total. The largest absolute Gasteiger partial charge is 0.135 e. The molecule has 1 aromatic heterocycles. The lowest BCUT2D eigenvalue weighted by Crippen LogP contribution is -1.98. The van der Waals surface area contributed by atoms with Gasteiger partial charge < -0.3 is 0 Å². The van der Waals surface area contributed by atoms with Gasteiger partial charge in [-0.1, -0.05) is 30.4 Å². The van der Waals surface area contributed by atoms with Gasteiger partial charge in [-0.3, -0.25) is 0 Å². The Bertz CT molecular complexity index is 635. The maximum atomic E-state index is 2.92. The lowest BCUT2D eigenvalue weighted by Gasteiger charge is -2.12. The molecule has 0 bridgehead atoms. The van der Waals surface area contributed by atoms with E-state index in [0.29, 0.717) is 0 Å². The van der Waals surface area contributed by atoms with Crippen molar-refractivity contribution in [1.29, 1.82) is 0 Å². The van der Waals surface area contributed by atoms with Crippen LogP contribution in [0.25, 0.3) is 15.7 Å². The van der Waals surface area contributed by atoms with Crippen molar-refractivity contribution in [2.45, 2.75) is 12.8 Å². The summed E-state index contributed by atoms with van der Waals surface area (Å²) in [4.78, 5) is 1.44. The average Bonchev–Trinajstić information content (AvgIpc) is 2.68. The van der Waals surface area contributed by atoms with Gasteiger partial charge in [0.25, 0.3) is 0 Å². The number of benzene rings is 1. The molecule has 3 heteroatoms. The van der Waals surface area contributed by atoms with E-state index < -0.39 is 0 Å². The zero-order valence-corrected chi connectivity index (χ0v) is 12.6. The molecule has 1 aliphatic carbocycles. The summed E-state index contributed by atoms with van der Waals surface area (Å²) in [5.74, 6) is 0. The molecule has 3 rings (SSSR count). The number of rotatable bonds is 1. The van der Waals surface area contributed by atoms with Crippen LogP contribution in [-0.2, 0) is 0 Å². The normalized spacial score (nSPS) is 15.9. The highest BCUT2D eigenvalue weighted by Gasteiger charge is 2.15. The van der Waals surface area contributed by atoms with Gasteiger partial charge in [0.1, 0.15) is 0 Å². The van der Waals surface area contributed by atoms with Crippen LogP contribution in [0.3, 0.4) is 0 Å². The number of hydrogen-bond acceptors (Lipinski definition) is 1. The number of hydrogen-bond donors (Lipinski definition) is 0. The van der Waals surface area contributed by atoms with Gasteiger partial charge in [-0.15, -0.1) is 29.8 Å². The van der Waals surface area contributed by atoms with Gasteiger partial charge in [-0.05, 0) is 35.1 Å². The van der Waals surface area contributed by atoms with Gasteiger partial charge in [-0.25, -0.2) is 0 Å². The first-order valence-electron chi connectivity index (χ1n) is 5.70. The van der Waals surface area contributed by atoms with Gasteiger partial charge in [-0.2, -0.15) is 0 Å². The molecule has 0 saturated carbocycles. The van der Waals surface area contributed by atoms with E-state index in [-0.39, 0.29) is 0 Å². The Morgan fingerprint density at radius 3 is 2.71 bits per heavy atom. The molecule has 0 amide bonds. The molecule has 2 aromatic rings. The van der Waals surface area contributed by atoms with Crippen molar-refractivity contribution in [2.24, 2.45) is 0 Å². The Morgan fingerprint density at radius 1 is 1.12 bits per heavy atom. The second-order valence-corrected chi connectivity index (χ2v) is 6.47. The SMILES string of the molecule is PC1=C(c2sc3ccccc3c2P)CCC=C1. The summed E-state index contributed by atoms with van der Waals surface area (Å²) in [6, 6.07) is 8.64. The molecule has 17 heavy (non-hydrogen) atoms. The van der Waals surface area contributed by atoms with Gasteiger partial charge in [0.2, 0.25) is 0 Å². The molecule has 0 N–H and O–H groups in total. The monoisotopic (exact) mass is 276 g/mol. The highest BCUT2D eigenvalue weighted by atomic mass is 32.1. The van der Waals surface area contributed by atoms with Crippen molar-refractivity contribution in [3.63, 3.8) is 0 Å². The fraction of sp³-hybridized carbons (Fsp3) is 0.143. The van der Waals surface area contributed by atoms with Crippen LogP contribution < -0.4 is 5.30 Å². The highest BCUT2D eigenvalue weighted by molar-refractivity contribution is 7.33. The molecule has 2 unspecified atom stereocenters. The van der Waals surface area contributed by atoms with Crippen molar-refractivity contribution in [1.82, 2.24) is 0 Å². The molecule has 2 atom stereocenters. The quantitative estimate of drug-likeness (QED) is 0.680. The molecule has 0 radical (unpaired) electrons. The molecule has 86 valence electrons. The average molecular weight is 276 g/mol. The Balaban J connectivity index is 2.24. The van der Waals surface area contributed by atoms with Crippen molar-refractivity contribution in [3.8, 4) is 0 Å². The summed E-state index contributed by atoms with van der Waals surface area (Å²) in [6.07, 6.45) is 6.79. The summed E-state index contributed by atoms with van der Waals surface area (Å²) in [5.41, 5.74) is 1.49. The summed E-state index contributed by atoms with van der Waals surface area (Å²) in [6.45, 7) is 0. The lowest BCUT2D eigenvalue weighted by molar-refractivity contribution is 1.06. The van der Waals surface area contributed by atoms with Crippen molar-refractivity contribution < 1.29 is 0 Å². The zero-order chi connectivity index (χ0) is 11.8. The summed E-state index contributed by atoms with van der Waals surface area (Å²) in [7, 11) is 5.79. The Labute approximate surface area is 110 Å². The summed E-state index contributed by atoms with van der Waals surface area (Å²) in [5, 5.41) is 4.07. The molecule has 0 fully saturated rings. The van der Waals surface area contributed by atoms with Crippen LogP contribution in [0.15, 0.2) is 41.7 Å². The van der Waals surface area contributed by atoms with Crippen LogP contribution in [0.1, 0.15) is 17.7 Å². The maximum absolute atomic E-state index is 2.92. The van der Waals surface area contributed by atoms with Crippen LogP contribution in [-0.4, -0.2) is 0 Å². The zero-order valence-electron chi connectivity index (χ0n) is 9.44. The third kappa shape index (κ3) is 2.02. The third-order valence-electron chi connectivity index (χ3n) is 3.11. The minimum Gasteiger partial charge on any atom is -0.135 e. The van der Waals surface area contributed by atoms with Gasteiger partial charge in [0.15, 0.2) is 0 Å². The fourth-order valence-corrected chi connectivity index (χ4v) is 4.67.